The van der Waals surface area contributed by atoms with E-state index in [0.29, 0.717) is 16.7 Å². The number of hydrogen-bond acceptors (Lipinski definition) is 6. The molecule has 0 saturated carbocycles. The average Bonchev–Trinajstić information content (AvgIpc) is 2.83. The fourth-order valence-corrected chi connectivity index (χ4v) is 4.73. The zero-order valence-electron chi connectivity index (χ0n) is 18.4. The van der Waals surface area contributed by atoms with E-state index in [0.717, 1.165) is 19.8 Å². The Balaban J connectivity index is 1.92. The first-order valence-electron chi connectivity index (χ1n) is 10.2. The Morgan fingerprint density at radius 2 is 1.36 bits per heavy atom. The maximum atomic E-state index is 13.4. The zero-order valence-corrected chi connectivity index (χ0v) is 18.4. The van der Waals surface area contributed by atoms with Crippen molar-refractivity contribution in [1.82, 2.24) is 18.9 Å². The molecule has 10 nitrogen and oxygen atoms in total. The quantitative estimate of drug-likeness (QED) is 0.517. The summed E-state index contributed by atoms with van der Waals surface area (Å²) < 4.78 is 8.13. The first kappa shape index (κ1) is 20.7. The molecule has 0 spiro atoms. The third-order valence-corrected chi connectivity index (χ3v) is 6.50. The normalized spacial score (nSPS) is 18.4. The van der Waals surface area contributed by atoms with E-state index >= 15 is 0 Å². The van der Waals surface area contributed by atoms with Crippen molar-refractivity contribution in [1.29, 1.82) is 0 Å². The third kappa shape index (κ3) is 2.63. The molecule has 1 atom stereocenters. The third-order valence-electron chi connectivity index (χ3n) is 6.50. The van der Waals surface area contributed by atoms with Crippen LogP contribution in [0.5, 0.6) is 11.6 Å². The summed E-state index contributed by atoms with van der Waals surface area (Å²) in [5.41, 5.74) is -0.766. The number of barbiturate groups is 1. The van der Waals surface area contributed by atoms with Gasteiger partial charge in [0.15, 0.2) is 0 Å². The average molecular weight is 448 g/mol. The van der Waals surface area contributed by atoms with Crippen molar-refractivity contribution < 1.29 is 19.1 Å². The van der Waals surface area contributed by atoms with Gasteiger partial charge >= 0.3 is 11.7 Å². The maximum absolute atomic E-state index is 13.4. The number of imide groups is 2. The van der Waals surface area contributed by atoms with Gasteiger partial charge in [0.05, 0.1) is 5.56 Å². The van der Waals surface area contributed by atoms with Gasteiger partial charge in [-0.25, -0.2) is 9.59 Å². The van der Waals surface area contributed by atoms with Crippen LogP contribution in [0.2, 0.25) is 0 Å². The van der Waals surface area contributed by atoms with Crippen molar-refractivity contribution in [3.63, 3.8) is 0 Å². The summed E-state index contributed by atoms with van der Waals surface area (Å²) in [5.74, 6) is -3.61. The van der Waals surface area contributed by atoms with Gasteiger partial charge in [0.1, 0.15) is 11.7 Å². The van der Waals surface area contributed by atoms with Crippen LogP contribution >= 0.6 is 0 Å². The Bertz CT molecular complexity index is 1490. The second kappa shape index (κ2) is 6.89. The zero-order chi connectivity index (χ0) is 23.8. The highest BCUT2D eigenvalue weighted by molar-refractivity contribution is 6.17. The van der Waals surface area contributed by atoms with E-state index in [9.17, 15) is 24.0 Å². The standard InChI is InChI=1S/C23H20N4O6/c1-24-18(28)16(19(29)25(2)22(24)31)15-14-12-8-6-5-7-11(12)9-10-13(14)33-21-17(15)20(30)26(3)23(32)27(21)4/h5-10,15-16H,1-4H3. The molecular weight excluding hydrogens is 428 g/mol. The number of nitrogens with zero attached hydrogens (tertiary/aromatic N) is 4. The van der Waals surface area contributed by atoms with E-state index in [-0.39, 0.29) is 11.4 Å². The Kier molecular flexibility index (Phi) is 4.32. The Morgan fingerprint density at radius 1 is 0.727 bits per heavy atom. The molecule has 2 aliphatic heterocycles. The van der Waals surface area contributed by atoms with Gasteiger partial charge in [0.25, 0.3) is 5.56 Å². The Morgan fingerprint density at radius 3 is 2.03 bits per heavy atom. The summed E-state index contributed by atoms with van der Waals surface area (Å²) in [4.78, 5) is 66.8. The number of carbonyl (C=O) groups is 3. The van der Waals surface area contributed by atoms with E-state index < -0.39 is 40.9 Å². The van der Waals surface area contributed by atoms with Crippen LogP contribution in [0.25, 0.3) is 10.8 Å². The molecule has 1 unspecified atom stereocenters. The fourth-order valence-electron chi connectivity index (χ4n) is 4.73. The first-order valence-corrected chi connectivity index (χ1v) is 10.2. The van der Waals surface area contributed by atoms with Gasteiger partial charge in [0, 0.05) is 39.7 Å². The molecule has 5 rings (SSSR count). The highest BCUT2D eigenvalue weighted by Gasteiger charge is 2.51. The van der Waals surface area contributed by atoms with Crippen molar-refractivity contribution >= 4 is 28.6 Å². The summed E-state index contributed by atoms with van der Waals surface area (Å²) in [7, 11) is 5.37. The molecule has 2 aromatic carbocycles. The number of aromatic nitrogens is 2. The predicted molar refractivity (Wildman–Crippen MR) is 117 cm³/mol. The number of fused-ring (bicyclic) bond motifs is 4. The molecule has 10 heteroatoms. The summed E-state index contributed by atoms with van der Waals surface area (Å²) in [6, 6.07) is 10.1. The predicted octanol–water partition coefficient (Wildman–Crippen LogP) is 1.14. The summed E-state index contributed by atoms with van der Waals surface area (Å²) in [6.07, 6.45) is 0. The van der Waals surface area contributed by atoms with Gasteiger partial charge in [-0.15, -0.1) is 0 Å². The number of rotatable bonds is 1. The second-order valence-electron chi connectivity index (χ2n) is 8.26. The fraction of sp³-hybridized carbons (Fsp3) is 0.261. The lowest BCUT2D eigenvalue weighted by molar-refractivity contribution is -0.148. The molecule has 1 fully saturated rings. The van der Waals surface area contributed by atoms with Gasteiger partial charge in [-0.3, -0.25) is 33.3 Å². The highest BCUT2D eigenvalue weighted by Crippen LogP contribution is 2.49. The van der Waals surface area contributed by atoms with Gasteiger partial charge in [-0.2, -0.15) is 0 Å². The summed E-state index contributed by atoms with van der Waals surface area (Å²) in [6.45, 7) is 0. The van der Waals surface area contributed by atoms with Crippen molar-refractivity contribution in [2.75, 3.05) is 14.1 Å². The van der Waals surface area contributed by atoms with E-state index in [1.807, 2.05) is 24.3 Å². The topological polar surface area (TPSA) is 111 Å². The van der Waals surface area contributed by atoms with Crippen LogP contribution in [0.1, 0.15) is 17.0 Å². The van der Waals surface area contributed by atoms with Gasteiger partial charge < -0.3 is 4.74 Å². The smallest absolute Gasteiger partial charge is 0.333 e. The minimum atomic E-state index is -1.39. The molecule has 3 aromatic rings. The summed E-state index contributed by atoms with van der Waals surface area (Å²) in [5, 5.41) is 1.52. The van der Waals surface area contributed by atoms with Gasteiger partial charge in [-0.1, -0.05) is 30.3 Å². The lowest BCUT2D eigenvalue weighted by Gasteiger charge is -2.39. The van der Waals surface area contributed by atoms with Crippen LogP contribution in [-0.4, -0.2) is 50.9 Å². The second-order valence-corrected chi connectivity index (χ2v) is 8.26. The van der Waals surface area contributed by atoms with Crippen LogP contribution in [0, 0.1) is 5.92 Å². The first-order chi connectivity index (χ1) is 15.6. The Labute approximate surface area is 187 Å². The molecule has 1 aromatic heterocycles. The maximum Gasteiger partial charge on any atom is 0.333 e. The lowest BCUT2D eigenvalue weighted by atomic mass is 9.76. The molecule has 33 heavy (non-hydrogen) atoms. The minimum Gasteiger partial charge on any atom is -0.440 e. The number of hydrogen-bond donors (Lipinski definition) is 0. The van der Waals surface area contributed by atoms with Crippen LogP contribution in [-0.2, 0) is 23.7 Å². The number of amides is 4. The molecule has 0 aliphatic carbocycles. The lowest BCUT2D eigenvalue weighted by Crippen LogP contribution is -2.59. The molecule has 2 aliphatic rings. The van der Waals surface area contributed by atoms with Gasteiger partial charge in [0.2, 0.25) is 17.7 Å². The van der Waals surface area contributed by atoms with Crippen molar-refractivity contribution in [3.05, 3.63) is 68.4 Å². The minimum absolute atomic E-state index is 0.0197. The van der Waals surface area contributed by atoms with E-state index in [2.05, 4.69) is 0 Å². The SMILES string of the molecule is CN1C(=O)C(C2c3c(n(C)c(=O)n(C)c3=O)Oc3ccc4ccccc4c32)C(=O)N(C)C1=O. The summed E-state index contributed by atoms with van der Waals surface area (Å²) >= 11 is 0. The Hall–Kier alpha value is -4.21. The van der Waals surface area contributed by atoms with Gasteiger partial charge in [-0.05, 0) is 16.8 Å². The molecule has 4 amide bonds. The molecule has 168 valence electrons. The number of urea groups is 1. The monoisotopic (exact) mass is 448 g/mol. The van der Waals surface area contributed by atoms with Crippen LogP contribution in [0.4, 0.5) is 4.79 Å². The molecule has 0 bridgehead atoms. The van der Waals surface area contributed by atoms with E-state index in [1.54, 1.807) is 12.1 Å². The number of benzene rings is 2. The largest absolute Gasteiger partial charge is 0.440 e. The highest BCUT2D eigenvalue weighted by atomic mass is 16.5. The molecule has 3 heterocycles. The molecule has 0 radical (unpaired) electrons. The van der Waals surface area contributed by atoms with Crippen LogP contribution in [0.3, 0.4) is 0 Å². The van der Waals surface area contributed by atoms with E-state index in [1.165, 1.54) is 32.8 Å². The van der Waals surface area contributed by atoms with Crippen LogP contribution in [0.15, 0.2) is 46.0 Å². The molecule has 0 N–H and O–H groups in total. The van der Waals surface area contributed by atoms with Crippen molar-refractivity contribution in [2.24, 2.45) is 20.0 Å². The molecular formula is C23H20N4O6. The molecule has 1 saturated heterocycles. The van der Waals surface area contributed by atoms with Crippen molar-refractivity contribution in [3.8, 4) is 11.6 Å². The number of carbonyl (C=O) groups excluding carboxylic acids is 3. The van der Waals surface area contributed by atoms with E-state index in [4.69, 9.17) is 4.74 Å². The van der Waals surface area contributed by atoms with Crippen LogP contribution < -0.4 is 16.0 Å². The van der Waals surface area contributed by atoms with Crippen molar-refractivity contribution in [2.45, 2.75) is 5.92 Å². The number of ether oxygens (including phenoxy) is 1.